The molecule has 1 saturated heterocycles. The first-order valence-electron chi connectivity index (χ1n) is 14.5. The fraction of sp³-hybridized carbons (Fsp3) is 0.265. The van der Waals surface area contributed by atoms with Crippen LogP contribution in [0.5, 0.6) is 0 Å². The number of carbonyl (C=O) groups is 3. The lowest BCUT2D eigenvalue weighted by molar-refractivity contribution is -0.127. The van der Waals surface area contributed by atoms with Crippen LogP contribution in [0.25, 0.3) is 10.8 Å². The van der Waals surface area contributed by atoms with Crippen molar-refractivity contribution in [3.05, 3.63) is 102 Å². The van der Waals surface area contributed by atoms with E-state index in [1.807, 2.05) is 65.6 Å². The molecule has 42 heavy (non-hydrogen) atoms. The molecule has 3 amide bonds. The van der Waals surface area contributed by atoms with E-state index >= 15 is 0 Å². The normalized spacial score (nSPS) is 12.8. The van der Waals surface area contributed by atoms with Crippen molar-refractivity contribution in [2.75, 3.05) is 48.7 Å². The Labute approximate surface area is 246 Å². The van der Waals surface area contributed by atoms with Crippen molar-refractivity contribution in [3.63, 3.8) is 0 Å². The minimum Gasteiger partial charge on any atom is -0.383 e. The average Bonchev–Trinajstić information content (AvgIpc) is 3.42. The molecule has 5 rings (SSSR count). The van der Waals surface area contributed by atoms with Gasteiger partial charge < -0.3 is 26.2 Å². The van der Waals surface area contributed by atoms with Crippen molar-refractivity contribution in [1.29, 1.82) is 0 Å². The summed E-state index contributed by atoms with van der Waals surface area (Å²) < 4.78 is 0. The molecule has 216 valence electrons. The highest BCUT2D eigenvalue weighted by Gasteiger charge is 2.19. The van der Waals surface area contributed by atoms with Gasteiger partial charge in [0.1, 0.15) is 0 Å². The molecule has 4 aromatic rings. The smallest absolute Gasteiger partial charge is 0.255 e. The third-order valence-electron chi connectivity index (χ3n) is 7.50. The van der Waals surface area contributed by atoms with Crippen LogP contribution in [0.3, 0.4) is 0 Å². The Hall–Kier alpha value is -4.85. The van der Waals surface area contributed by atoms with Crippen LogP contribution in [-0.4, -0.2) is 55.3 Å². The molecule has 0 radical (unpaired) electrons. The van der Waals surface area contributed by atoms with Crippen molar-refractivity contribution < 1.29 is 14.4 Å². The van der Waals surface area contributed by atoms with E-state index < -0.39 is 0 Å². The molecule has 0 atom stereocenters. The van der Waals surface area contributed by atoms with Crippen LogP contribution < -0.4 is 21.3 Å². The summed E-state index contributed by atoms with van der Waals surface area (Å²) in [5.41, 5.74) is 4.48. The highest BCUT2D eigenvalue weighted by molar-refractivity contribution is 6.08. The van der Waals surface area contributed by atoms with Gasteiger partial charge in [-0.15, -0.1) is 0 Å². The number of benzene rings is 4. The Morgan fingerprint density at radius 1 is 0.738 bits per heavy atom. The maximum Gasteiger partial charge on any atom is 0.255 e. The molecular formula is C34H37N5O3. The lowest BCUT2D eigenvalue weighted by atomic mass is 10.1. The highest BCUT2D eigenvalue weighted by Crippen LogP contribution is 2.25. The zero-order valence-corrected chi connectivity index (χ0v) is 23.9. The van der Waals surface area contributed by atoms with Crippen LogP contribution in [-0.2, 0) is 4.79 Å². The van der Waals surface area contributed by atoms with Crippen molar-refractivity contribution in [1.82, 2.24) is 10.2 Å². The third kappa shape index (κ3) is 7.26. The number of amides is 3. The SMILES string of the molecule is Cc1ccccc1NCCNc1ccc(C(=O)NCCCN2CCCC2=O)cc1NC(=O)c1ccc2ccccc2c1. The van der Waals surface area contributed by atoms with Crippen molar-refractivity contribution in [3.8, 4) is 0 Å². The number of nitrogens with one attached hydrogen (secondary N) is 4. The van der Waals surface area contributed by atoms with Crippen LogP contribution >= 0.6 is 0 Å². The summed E-state index contributed by atoms with van der Waals surface area (Å²) in [6.07, 6.45) is 2.21. The van der Waals surface area contributed by atoms with Gasteiger partial charge in [-0.2, -0.15) is 0 Å². The largest absolute Gasteiger partial charge is 0.383 e. The van der Waals surface area contributed by atoms with Crippen molar-refractivity contribution >= 4 is 45.6 Å². The second-order valence-corrected chi connectivity index (χ2v) is 10.5. The summed E-state index contributed by atoms with van der Waals surface area (Å²) in [5.74, 6) is -0.295. The number of nitrogens with zero attached hydrogens (tertiary/aromatic N) is 1. The van der Waals surface area contributed by atoms with E-state index in [0.717, 1.165) is 35.1 Å². The number of hydrogen-bond acceptors (Lipinski definition) is 5. The van der Waals surface area contributed by atoms with E-state index in [-0.39, 0.29) is 17.7 Å². The number of carbonyl (C=O) groups excluding carboxylic acids is 3. The van der Waals surface area contributed by atoms with Gasteiger partial charge >= 0.3 is 0 Å². The Kier molecular flexibility index (Phi) is 9.33. The van der Waals surface area contributed by atoms with E-state index in [0.29, 0.717) is 55.8 Å². The summed E-state index contributed by atoms with van der Waals surface area (Å²) in [4.78, 5) is 40.0. The van der Waals surface area contributed by atoms with Gasteiger partial charge in [0.25, 0.3) is 11.8 Å². The van der Waals surface area contributed by atoms with Crippen LogP contribution in [0.1, 0.15) is 45.5 Å². The van der Waals surface area contributed by atoms with Gasteiger partial charge in [-0.05, 0) is 72.5 Å². The lowest BCUT2D eigenvalue weighted by Crippen LogP contribution is -2.30. The molecule has 0 aliphatic carbocycles. The van der Waals surface area contributed by atoms with Gasteiger partial charge in [0, 0.05) is 56.0 Å². The number of fused-ring (bicyclic) bond motifs is 1. The van der Waals surface area contributed by atoms with Gasteiger partial charge in [-0.1, -0.05) is 48.5 Å². The Morgan fingerprint density at radius 2 is 1.45 bits per heavy atom. The first kappa shape index (κ1) is 28.7. The Bertz CT molecular complexity index is 1580. The Morgan fingerprint density at radius 3 is 2.24 bits per heavy atom. The van der Waals surface area contributed by atoms with E-state index in [2.05, 4.69) is 34.3 Å². The van der Waals surface area contributed by atoms with Crippen LogP contribution in [0.2, 0.25) is 0 Å². The van der Waals surface area contributed by atoms with E-state index in [4.69, 9.17) is 0 Å². The predicted molar refractivity (Wildman–Crippen MR) is 169 cm³/mol. The zero-order chi connectivity index (χ0) is 29.3. The van der Waals surface area contributed by atoms with E-state index in [9.17, 15) is 14.4 Å². The zero-order valence-electron chi connectivity index (χ0n) is 23.9. The lowest BCUT2D eigenvalue weighted by Gasteiger charge is -2.17. The molecule has 0 aromatic heterocycles. The van der Waals surface area contributed by atoms with Crippen LogP contribution in [0.4, 0.5) is 17.1 Å². The van der Waals surface area contributed by atoms with Gasteiger partial charge in [-0.25, -0.2) is 0 Å². The van der Waals surface area contributed by atoms with Gasteiger partial charge in [0.05, 0.1) is 11.4 Å². The topological polar surface area (TPSA) is 103 Å². The first-order valence-corrected chi connectivity index (χ1v) is 14.5. The molecule has 8 heteroatoms. The molecule has 0 unspecified atom stereocenters. The maximum atomic E-state index is 13.3. The number of anilines is 3. The molecule has 1 aliphatic heterocycles. The molecule has 8 nitrogen and oxygen atoms in total. The summed E-state index contributed by atoms with van der Waals surface area (Å²) in [6, 6.07) is 26.9. The van der Waals surface area contributed by atoms with Crippen molar-refractivity contribution in [2.45, 2.75) is 26.2 Å². The number of para-hydroxylation sites is 1. The molecule has 1 aliphatic rings. The molecule has 0 saturated carbocycles. The minimum absolute atomic E-state index is 0.185. The minimum atomic E-state index is -0.255. The highest BCUT2D eigenvalue weighted by atomic mass is 16.2. The summed E-state index contributed by atoms with van der Waals surface area (Å²) in [5, 5.41) is 14.8. The van der Waals surface area contributed by atoms with Gasteiger partial charge in [0.15, 0.2) is 0 Å². The summed E-state index contributed by atoms with van der Waals surface area (Å²) >= 11 is 0. The molecule has 4 N–H and O–H groups in total. The van der Waals surface area contributed by atoms with Crippen LogP contribution in [0, 0.1) is 6.92 Å². The summed E-state index contributed by atoms with van der Waals surface area (Å²) in [7, 11) is 0. The van der Waals surface area contributed by atoms with Crippen LogP contribution in [0.15, 0.2) is 84.9 Å². The average molecular weight is 564 g/mol. The molecule has 1 fully saturated rings. The quantitative estimate of drug-likeness (QED) is 0.167. The molecule has 0 bridgehead atoms. The first-order chi connectivity index (χ1) is 20.5. The fourth-order valence-electron chi connectivity index (χ4n) is 5.15. The molecule has 4 aromatic carbocycles. The third-order valence-corrected chi connectivity index (χ3v) is 7.50. The number of rotatable bonds is 12. The Balaban J connectivity index is 1.26. The number of hydrogen-bond donors (Lipinski definition) is 4. The van der Waals surface area contributed by atoms with Gasteiger partial charge in [0.2, 0.25) is 5.91 Å². The molecule has 1 heterocycles. The fourth-order valence-corrected chi connectivity index (χ4v) is 5.15. The second kappa shape index (κ2) is 13.7. The molecule has 0 spiro atoms. The van der Waals surface area contributed by atoms with Crippen molar-refractivity contribution in [2.24, 2.45) is 0 Å². The summed E-state index contributed by atoms with van der Waals surface area (Å²) in [6.45, 7) is 5.24. The van der Waals surface area contributed by atoms with E-state index in [1.165, 1.54) is 5.56 Å². The monoisotopic (exact) mass is 563 g/mol. The van der Waals surface area contributed by atoms with Gasteiger partial charge in [-0.3, -0.25) is 14.4 Å². The second-order valence-electron chi connectivity index (χ2n) is 10.5. The maximum absolute atomic E-state index is 13.3. The number of likely N-dealkylation sites (tertiary alicyclic amines) is 1. The number of aryl methyl sites for hydroxylation is 1. The predicted octanol–water partition coefficient (Wildman–Crippen LogP) is 5.67. The standard InChI is InChI=1S/C34H37N5O3/c1-24-8-2-5-11-29(24)35-18-19-36-30-16-15-28(33(41)37-17-7-21-39-20-6-12-32(39)40)23-31(30)38-34(42)27-14-13-25-9-3-4-10-26(25)22-27/h2-5,8-11,13-16,22-23,35-36H,6-7,12,17-21H2,1H3,(H,37,41)(H,38,42). The molecular weight excluding hydrogens is 526 g/mol. The van der Waals surface area contributed by atoms with E-state index in [1.54, 1.807) is 18.2 Å².